The monoisotopic (exact) mass is 379 g/mol. The van der Waals surface area contributed by atoms with Crippen LogP contribution in [0.2, 0.25) is 0 Å². The van der Waals surface area contributed by atoms with Crippen molar-refractivity contribution >= 4 is 28.5 Å². The van der Waals surface area contributed by atoms with Crippen LogP contribution in [-0.4, -0.2) is 17.0 Å². The zero-order valence-corrected chi connectivity index (χ0v) is 16.3. The van der Waals surface area contributed by atoms with Gasteiger partial charge in [-0.2, -0.15) is 5.10 Å². The minimum absolute atomic E-state index is 0.0110. The zero-order chi connectivity index (χ0) is 19.2. The Labute approximate surface area is 162 Å². The topological polar surface area (TPSA) is 63.6 Å². The Morgan fingerprint density at radius 3 is 2.63 bits per heavy atom. The number of ether oxygens (including phenoxy) is 1. The van der Waals surface area contributed by atoms with Crippen LogP contribution in [-0.2, 0) is 6.61 Å². The molecule has 5 nitrogen and oxygen atoms in total. The summed E-state index contributed by atoms with van der Waals surface area (Å²) in [6.07, 6.45) is 1.69. The molecular formula is C21H21N3O2S. The lowest BCUT2D eigenvalue weighted by Crippen LogP contribution is -1.99. The highest BCUT2D eigenvalue weighted by atomic mass is 32.1. The second-order valence-electron chi connectivity index (χ2n) is 6.17. The van der Waals surface area contributed by atoms with Gasteiger partial charge in [-0.15, -0.1) is 0 Å². The van der Waals surface area contributed by atoms with Gasteiger partial charge in [0.1, 0.15) is 12.4 Å². The fourth-order valence-electron chi connectivity index (χ4n) is 2.49. The summed E-state index contributed by atoms with van der Waals surface area (Å²) in [5.74, 6) is 0.764. The molecule has 0 aliphatic carbocycles. The van der Waals surface area contributed by atoms with Crippen molar-refractivity contribution in [3.63, 3.8) is 0 Å². The van der Waals surface area contributed by atoms with E-state index in [0.717, 1.165) is 16.9 Å². The van der Waals surface area contributed by atoms with Gasteiger partial charge in [0, 0.05) is 12.5 Å². The average Bonchev–Trinajstić information content (AvgIpc) is 3.03. The number of hydrazone groups is 1. The lowest BCUT2D eigenvalue weighted by molar-refractivity contribution is 0.102. The molecule has 138 valence electrons. The van der Waals surface area contributed by atoms with E-state index in [4.69, 9.17) is 4.74 Å². The van der Waals surface area contributed by atoms with Crippen LogP contribution in [0.15, 0.2) is 53.6 Å². The van der Waals surface area contributed by atoms with E-state index in [1.807, 2.05) is 31.2 Å². The molecule has 0 radical (unpaired) electrons. The molecule has 3 rings (SSSR count). The van der Waals surface area contributed by atoms with Crippen molar-refractivity contribution < 1.29 is 9.53 Å². The van der Waals surface area contributed by atoms with E-state index in [1.54, 1.807) is 6.21 Å². The molecule has 1 aromatic heterocycles. The van der Waals surface area contributed by atoms with Gasteiger partial charge in [0.05, 0.1) is 16.8 Å². The molecule has 1 N–H and O–H groups in total. The molecule has 0 aliphatic heterocycles. The van der Waals surface area contributed by atoms with Crippen molar-refractivity contribution in [1.82, 2.24) is 4.98 Å². The summed E-state index contributed by atoms with van der Waals surface area (Å²) in [7, 11) is 0. The van der Waals surface area contributed by atoms with Crippen molar-refractivity contribution in [3.8, 4) is 5.75 Å². The fourth-order valence-corrected chi connectivity index (χ4v) is 3.30. The Balaban J connectivity index is 1.66. The van der Waals surface area contributed by atoms with Gasteiger partial charge in [-0.1, -0.05) is 53.3 Å². The van der Waals surface area contributed by atoms with Crippen LogP contribution < -0.4 is 10.2 Å². The van der Waals surface area contributed by atoms with E-state index >= 15 is 0 Å². The number of benzene rings is 2. The molecule has 0 amide bonds. The number of carbonyl (C=O) groups excluding carboxylic acids is 1. The number of nitrogens with zero attached hydrogens (tertiary/aromatic N) is 2. The fraction of sp³-hybridized carbons (Fsp3) is 0.190. The number of Topliss-reactive ketones (excluding diaryl/α,β-unsaturated/α-hetero) is 1. The summed E-state index contributed by atoms with van der Waals surface area (Å²) < 4.78 is 5.94. The first-order valence-electron chi connectivity index (χ1n) is 8.58. The van der Waals surface area contributed by atoms with Gasteiger partial charge in [0.2, 0.25) is 5.13 Å². The van der Waals surface area contributed by atoms with Crippen LogP contribution in [0.4, 0.5) is 5.13 Å². The number of carbonyl (C=O) groups is 1. The minimum Gasteiger partial charge on any atom is -0.488 e. The van der Waals surface area contributed by atoms with Crippen LogP contribution in [0, 0.1) is 13.8 Å². The zero-order valence-electron chi connectivity index (χ0n) is 15.5. The van der Waals surface area contributed by atoms with Crippen molar-refractivity contribution in [2.24, 2.45) is 5.10 Å². The first-order valence-corrected chi connectivity index (χ1v) is 9.39. The van der Waals surface area contributed by atoms with Crippen LogP contribution in [0.3, 0.4) is 0 Å². The highest BCUT2D eigenvalue weighted by molar-refractivity contribution is 7.17. The van der Waals surface area contributed by atoms with Crippen LogP contribution >= 0.6 is 11.3 Å². The largest absolute Gasteiger partial charge is 0.488 e. The Bertz CT molecular complexity index is 962. The van der Waals surface area contributed by atoms with Crippen molar-refractivity contribution in [3.05, 3.63) is 75.8 Å². The van der Waals surface area contributed by atoms with Crippen LogP contribution in [0.1, 0.15) is 39.0 Å². The number of hydrogen-bond acceptors (Lipinski definition) is 6. The summed E-state index contributed by atoms with van der Waals surface area (Å²) in [4.78, 5) is 16.5. The maximum absolute atomic E-state index is 11.5. The number of hydrogen-bond donors (Lipinski definition) is 1. The third-order valence-corrected chi connectivity index (χ3v) is 5.08. The Hall–Kier alpha value is -2.99. The molecule has 3 aromatic rings. The molecule has 6 heteroatoms. The smallest absolute Gasteiger partial charge is 0.204 e. The third-order valence-electron chi connectivity index (χ3n) is 3.91. The van der Waals surface area contributed by atoms with Crippen molar-refractivity contribution in [2.45, 2.75) is 27.4 Å². The molecule has 0 spiro atoms. The molecule has 0 unspecified atom stereocenters. The molecule has 2 aromatic carbocycles. The van der Waals surface area contributed by atoms with E-state index < -0.39 is 0 Å². The predicted octanol–water partition coefficient (Wildman–Crippen LogP) is 4.99. The standard InChI is InChI=1S/C21H21N3O2S/c1-14-8-10-17(11-9-14)13-26-19-7-5-4-6-18(19)12-22-24-21-23-15(2)20(27-21)16(3)25/h4-12H,13H2,1-3H3,(H,23,24)/b22-12-. The second-order valence-corrected chi connectivity index (χ2v) is 7.17. The number of anilines is 1. The maximum Gasteiger partial charge on any atom is 0.204 e. The summed E-state index contributed by atoms with van der Waals surface area (Å²) in [6.45, 7) is 5.91. The molecular weight excluding hydrogens is 358 g/mol. The third kappa shape index (κ3) is 5.01. The van der Waals surface area contributed by atoms with Gasteiger partial charge in [0.15, 0.2) is 5.78 Å². The molecule has 0 saturated heterocycles. The minimum atomic E-state index is 0.0110. The number of para-hydroxylation sites is 1. The number of aromatic nitrogens is 1. The summed E-state index contributed by atoms with van der Waals surface area (Å²) in [5.41, 5.74) is 6.80. The summed E-state index contributed by atoms with van der Waals surface area (Å²) in [5, 5.41) is 4.82. The Kier molecular flexibility index (Phi) is 5.98. The number of rotatable bonds is 7. The van der Waals surface area contributed by atoms with Gasteiger partial charge >= 0.3 is 0 Å². The molecule has 0 fully saturated rings. The van der Waals surface area contributed by atoms with Gasteiger partial charge in [-0.05, 0) is 31.5 Å². The Morgan fingerprint density at radius 2 is 1.93 bits per heavy atom. The molecule has 1 heterocycles. The van der Waals surface area contributed by atoms with Crippen LogP contribution in [0.25, 0.3) is 0 Å². The van der Waals surface area contributed by atoms with E-state index in [9.17, 15) is 4.79 Å². The summed E-state index contributed by atoms with van der Waals surface area (Å²) in [6, 6.07) is 16.0. The Morgan fingerprint density at radius 1 is 1.19 bits per heavy atom. The molecule has 0 aliphatic rings. The van der Waals surface area contributed by atoms with Crippen molar-refractivity contribution in [1.29, 1.82) is 0 Å². The van der Waals surface area contributed by atoms with Gasteiger partial charge in [0.25, 0.3) is 0 Å². The molecule has 0 saturated carbocycles. The van der Waals surface area contributed by atoms with E-state index in [-0.39, 0.29) is 5.78 Å². The van der Waals surface area contributed by atoms with Crippen LogP contribution in [0.5, 0.6) is 5.75 Å². The van der Waals surface area contributed by atoms with E-state index in [0.29, 0.717) is 22.3 Å². The van der Waals surface area contributed by atoms with E-state index in [1.165, 1.54) is 23.8 Å². The van der Waals surface area contributed by atoms with Gasteiger partial charge in [-0.3, -0.25) is 10.2 Å². The van der Waals surface area contributed by atoms with Gasteiger partial charge in [-0.25, -0.2) is 4.98 Å². The SMILES string of the molecule is CC(=O)c1sc(N/N=C\c2ccccc2OCc2ccc(C)cc2)nc1C. The number of nitrogens with one attached hydrogen (secondary N) is 1. The molecule has 0 bridgehead atoms. The van der Waals surface area contributed by atoms with Crippen molar-refractivity contribution in [2.75, 3.05) is 5.43 Å². The highest BCUT2D eigenvalue weighted by Crippen LogP contribution is 2.23. The molecule has 27 heavy (non-hydrogen) atoms. The van der Waals surface area contributed by atoms with Gasteiger partial charge < -0.3 is 4.74 Å². The predicted molar refractivity (Wildman–Crippen MR) is 110 cm³/mol. The normalized spacial score (nSPS) is 10.9. The van der Waals surface area contributed by atoms with E-state index in [2.05, 4.69) is 46.7 Å². The lowest BCUT2D eigenvalue weighted by Gasteiger charge is -2.09. The second kappa shape index (κ2) is 8.60. The first-order chi connectivity index (χ1) is 13.0. The summed E-state index contributed by atoms with van der Waals surface area (Å²) >= 11 is 1.30. The lowest BCUT2D eigenvalue weighted by atomic mass is 10.1. The number of aryl methyl sites for hydroxylation is 2. The first kappa shape index (κ1) is 18.8. The quantitative estimate of drug-likeness (QED) is 0.357. The maximum atomic E-state index is 11.5. The average molecular weight is 379 g/mol. The highest BCUT2D eigenvalue weighted by Gasteiger charge is 2.10. The number of ketones is 1. The number of thiazole rings is 1. The molecule has 0 atom stereocenters.